The number of nitrogens with one attached hydrogen (secondary N) is 3. The van der Waals surface area contributed by atoms with Gasteiger partial charge in [-0.05, 0) is 49.2 Å². The molecule has 8 heteroatoms. The predicted molar refractivity (Wildman–Crippen MR) is 128 cm³/mol. The molecule has 1 saturated heterocycles. The van der Waals surface area contributed by atoms with Crippen molar-refractivity contribution in [3.05, 3.63) is 95.6 Å². The fourth-order valence-electron chi connectivity index (χ4n) is 3.85. The van der Waals surface area contributed by atoms with Crippen molar-refractivity contribution in [2.45, 2.75) is 19.4 Å². The molecule has 1 atom stereocenters. The summed E-state index contributed by atoms with van der Waals surface area (Å²) in [6, 6.07) is 22.1. The second-order valence-electron chi connectivity index (χ2n) is 8.23. The number of rotatable bonds is 6. The molecule has 172 valence electrons. The van der Waals surface area contributed by atoms with Crippen LogP contribution < -0.4 is 16.0 Å². The standard InChI is InChI=1S/C26H24N4O4/c1-17-9-8-12-19(15-17)27-23(32)20-13-6-7-14-21(20)28-22(31)16-30-24(33)26(2,29-25(30)34)18-10-4-3-5-11-18/h3-15H,16H2,1-2H3,(H,27,32)(H,28,31)(H,29,34)/t26-/m0/s1. The number of benzene rings is 3. The number of anilines is 2. The van der Waals surface area contributed by atoms with Crippen molar-refractivity contribution in [3.8, 4) is 0 Å². The first-order chi connectivity index (χ1) is 16.3. The second kappa shape index (κ2) is 9.19. The third-order valence-electron chi connectivity index (χ3n) is 5.65. The minimum Gasteiger partial charge on any atom is -0.324 e. The monoisotopic (exact) mass is 456 g/mol. The van der Waals surface area contributed by atoms with Crippen LogP contribution >= 0.6 is 0 Å². The number of urea groups is 1. The molecule has 1 aliphatic rings. The highest BCUT2D eigenvalue weighted by Crippen LogP contribution is 2.28. The summed E-state index contributed by atoms with van der Waals surface area (Å²) in [7, 11) is 0. The molecule has 1 aliphatic heterocycles. The summed E-state index contributed by atoms with van der Waals surface area (Å²) in [6.07, 6.45) is 0. The van der Waals surface area contributed by atoms with Gasteiger partial charge in [0.25, 0.3) is 11.8 Å². The molecule has 3 aromatic rings. The molecule has 1 heterocycles. The number of nitrogens with zero attached hydrogens (tertiary/aromatic N) is 1. The minimum absolute atomic E-state index is 0.253. The summed E-state index contributed by atoms with van der Waals surface area (Å²) >= 11 is 0. The van der Waals surface area contributed by atoms with Gasteiger partial charge in [-0.3, -0.25) is 19.3 Å². The molecule has 4 rings (SSSR count). The highest BCUT2D eigenvalue weighted by atomic mass is 16.2. The Balaban J connectivity index is 1.47. The van der Waals surface area contributed by atoms with Gasteiger partial charge in [0.05, 0.1) is 11.3 Å². The summed E-state index contributed by atoms with van der Waals surface area (Å²) in [4.78, 5) is 52.0. The van der Waals surface area contributed by atoms with Crippen molar-refractivity contribution in [1.29, 1.82) is 0 Å². The maximum atomic E-state index is 13.0. The molecule has 3 N–H and O–H groups in total. The van der Waals surface area contributed by atoms with Crippen LogP contribution in [-0.4, -0.2) is 35.2 Å². The van der Waals surface area contributed by atoms with Crippen molar-refractivity contribution in [3.63, 3.8) is 0 Å². The zero-order valence-corrected chi connectivity index (χ0v) is 18.8. The fraction of sp³-hybridized carbons (Fsp3) is 0.154. The largest absolute Gasteiger partial charge is 0.325 e. The zero-order valence-electron chi connectivity index (χ0n) is 18.8. The van der Waals surface area contributed by atoms with Crippen molar-refractivity contribution >= 4 is 35.1 Å². The Bertz CT molecular complexity index is 1270. The van der Waals surface area contributed by atoms with Crippen LogP contribution in [0.4, 0.5) is 16.2 Å². The average molecular weight is 457 g/mol. The van der Waals surface area contributed by atoms with Crippen molar-refractivity contribution in [2.75, 3.05) is 17.2 Å². The fourth-order valence-corrected chi connectivity index (χ4v) is 3.85. The van der Waals surface area contributed by atoms with Gasteiger partial charge in [0.15, 0.2) is 0 Å². The molecule has 8 nitrogen and oxygen atoms in total. The van der Waals surface area contributed by atoms with Crippen LogP contribution in [0.1, 0.15) is 28.4 Å². The Kier molecular flexibility index (Phi) is 6.14. The van der Waals surface area contributed by atoms with Crippen LogP contribution in [0.15, 0.2) is 78.9 Å². The van der Waals surface area contributed by atoms with Crippen molar-refractivity contribution in [2.24, 2.45) is 0 Å². The lowest BCUT2D eigenvalue weighted by atomic mass is 9.92. The number of aryl methyl sites for hydroxylation is 1. The van der Waals surface area contributed by atoms with E-state index in [9.17, 15) is 19.2 Å². The van der Waals surface area contributed by atoms with Gasteiger partial charge >= 0.3 is 6.03 Å². The Hall–Kier alpha value is -4.46. The Labute approximate surface area is 197 Å². The lowest BCUT2D eigenvalue weighted by molar-refractivity contribution is -0.133. The van der Waals surface area contributed by atoms with Gasteiger partial charge in [0.1, 0.15) is 12.1 Å². The summed E-state index contributed by atoms with van der Waals surface area (Å²) in [5.41, 5.74) is 1.51. The molecule has 0 aliphatic carbocycles. The van der Waals surface area contributed by atoms with Crippen LogP contribution in [0.25, 0.3) is 0 Å². The molecule has 0 spiro atoms. The van der Waals surface area contributed by atoms with E-state index < -0.39 is 35.8 Å². The van der Waals surface area contributed by atoms with E-state index in [0.29, 0.717) is 11.3 Å². The second-order valence-corrected chi connectivity index (χ2v) is 8.23. The topological polar surface area (TPSA) is 108 Å². The molecule has 3 aromatic carbocycles. The Morgan fingerprint density at radius 2 is 1.62 bits per heavy atom. The van der Waals surface area contributed by atoms with Crippen LogP contribution in [0.5, 0.6) is 0 Å². The predicted octanol–water partition coefficient (Wildman–Crippen LogP) is 3.65. The maximum Gasteiger partial charge on any atom is 0.325 e. The van der Waals surface area contributed by atoms with E-state index in [1.807, 2.05) is 31.2 Å². The van der Waals surface area contributed by atoms with Crippen molar-refractivity contribution < 1.29 is 19.2 Å². The number of carbonyl (C=O) groups is 4. The third kappa shape index (κ3) is 4.52. The van der Waals surface area contributed by atoms with E-state index >= 15 is 0 Å². The molecule has 0 saturated carbocycles. The molecular weight excluding hydrogens is 432 g/mol. The summed E-state index contributed by atoms with van der Waals surface area (Å²) < 4.78 is 0. The average Bonchev–Trinajstić information content (AvgIpc) is 3.04. The summed E-state index contributed by atoms with van der Waals surface area (Å²) in [5.74, 6) is -1.52. The Morgan fingerprint density at radius 3 is 2.35 bits per heavy atom. The number of para-hydroxylation sites is 1. The van der Waals surface area contributed by atoms with E-state index in [4.69, 9.17) is 0 Å². The number of hydrogen-bond acceptors (Lipinski definition) is 4. The smallest absolute Gasteiger partial charge is 0.324 e. The summed E-state index contributed by atoms with van der Waals surface area (Å²) in [5, 5.41) is 8.13. The van der Waals surface area contributed by atoms with E-state index in [0.717, 1.165) is 10.5 Å². The third-order valence-corrected chi connectivity index (χ3v) is 5.65. The summed E-state index contributed by atoms with van der Waals surface area (Å²) in [6.45, 7) is 3.04. The molecule has 0 unspecified atom stereocenters. The molecule has 0 radical (unpaired) electrons. The first kappa shape index (κ1) is 22.7. The van der Waals surface area contributed by atoms with E-state index in [2.05, 4.69) is 16.0 Å². The van der Waals surface area contributed by atoms with E-state index in [1.165, 1.54) is 0 Å². The zero-order chi connectivity index (χ0) is 24.3. The van der Waals surface area contributed by atoms with Gasteiger partial charge < -0.3 is 16.0 Å². The quantitative estimate of drug-likeness (QED) is 0.492. The normalized spacial score (nSPS) is 17.3. The molecule has 0 aromatic heterocycles. The van der Waals surface area contributed by atoms with Crippen LogP contribution in [0, 0.1) is 6.92 Å². The highest BCUT2D eigenvalue weighted by molar-refractivity contribution is 6.12. The van der Waals surface area contributed by atoms with Crippen LogP contribution in [-0.2, 0) is 15.1 Å². The van der Waals surface area contributed by atoms with Gasteiger partial charge in [-0.25, -0.2) is 4.79 Å². The minimum atomic E-state index is -1.26. The molecule has 34 heavy (non-hydrogen) atoms. The lowest BCUT2D eigenvalue weighted by Gasteiger charge is -2.22. The van der Waals surface area contributed by atoms with E-state index in [1.54, 1.807) is 61.5 Å². The van der Waals surface area contributed by atoms with Crippen molar-refractivity contribution in [1.82, 2.24) is 10.2 Å². The molecule has 5 amide bonds. The number of carbonyl (C=O) groups excluding carboxylic acids is 4. The van der Waals surface area contributed by atoms with Gasteiger partial charge in [-0.2, -0.15) is 0 Å². The van der Waals surface area contributed by atoms with Gasteiger partial charge in [-0.15, -0.1) is 0 Å². The number of imide groups is 1. The van der Waals surface area contributed by atoms with Crippen LogP contribution in [0.3, 0.4) is 0 Å². The van der Waals surface area contributed by atoms with E-state index in [-0.39, 0.29) is 11.3 Å². The number of hydrogen-bond donors (Lipinski definition) is 3. The number of amides is 5. The SMILES string of the molecule is Cc1cccc(NC(=O)c2ccccc2NC(=O)CN2C(=O)N[C@@](C)(c3ccccc3)C2=O)c1. The molecule has 0 bridgehead atoms. The maximum absolute atomic E-state index is 13.0. The lowest BCUT2D eigenvalue weighted by Crippen LogP contribution is -2.42. The van der Waals surface area contributed by atoms with Gasteiger partial charge in [0.2, 0.25) is 5.91 Å². The molecular formula is C26H24N4O4. The first-order valence-corrected chi connectivity index (χ1v) is 10.7. The van der Waals surface area contributed by atoms with Crippen LogP contribution in [0.2, 0.25) is 0 Å². The van der Waals surface area contributed by atoms with Gasteiger partial charge in [0, 0.05) is 5.69 Å². The molecule has 1 fully saturated rings. The van der Waals surface area contributed by atoms with Gasteiger partial charge in [-0.1, -0.05) is 54.6 Å². The highest BCUT2D eigenvalue weighted by Gasteiger charge is 2.49. The first-order valence-electron chi connectivity index (χ1n) is 10.7. The Morgan fingerprint density at radius 1 is 0.912 bits per heavy atom.